The van der Waals surface area contributed by atoms with Gasteiger partial charge in [0, 0.05) is 25.1 Å². The first kappa shape index (κ1) is 13.9. The molecule has 0 aliphatic heterocycles. The average Bonchev–Trinajstić information content (AvgIpc) is 3.03. The Labute approximate surface area is 126 Å². The minimum Gasteiger partial charge on any atom is -0.352 e. The third-order valence-corrected chi connectivity index (χ3v) is 2.97. The molecule has 3 heterocycles. The van der Waals surface area contributed by atoms with Crippen LogP contribution in [0.25, 0.3) is 11.5 Å². The van der Waals surface area contributed by atoms with Crippen molar-refractivity contribution in [3.63, 3.8) is 0 Å². The highest BCUT2D eigenvalue weighted by atomic mass is 16.1. The summed E-state index contributed by atoms with van der Waals surface area (Å²) in [6, 6.07) is 9.23. The van der Waals surface area contributed by atoms with Gasteiger partial charge >= 0.3 is 0 Å². The van der Waals surface area contributed by atoms with Crippen molar-refractivity contribution in [3.8, 4) is 11.5 Å². The van der Waals surface area contributed by atoms with Crippen LogP contribution in [0.3, 0.4) is 0 Å². The molecule has 3 aromatic heterocycles. The fourth-order valence-corrected chi connectivity index (χ4v) is 1.90. The molecule has 0 aliphatic rings. The van der Waals surface area contributed by atoms with E-state index in [-0.39, 0.29) is 12.3 Å². The molecule has 0 saturated carbocycles. The largest absolute Gasteiger partial charge is 0.352 e. The number of nitrogens with zero attached hydrogens (tertiary/aromatic N) is 4. The molecule has 3 aromatic rings. The number of carbonyl (C=O) groups excluding carboxylic acids is 1. The normalized spacial score (nSPS) is 10.4. The maximum absolute atomic E-state index is 11.9. The van der Waals surface area contributed by atoms with Crippen LogP contribution in [0, 0.1) is 0 Å². The molecule has 110 valence electrons. The molecule has 0 unspecified atom stereocenters. The summed E-state index contributed by atoms with van der Waals surface area (Å²) in [5.74, 6) is 0.854. The highest BCUT2D eigenvalue weighted by molar-refractivity contribution is 5.77. The van der Waals surface area contributed by atoms with Crippen molar-refractivity contribution in [1.29, 1.82) is 0 Å². The van der Waals surface area contributed by atoms with Gasteiger partial charge in [-0.05, 0) is 23.8 Å². The monoisotopic (exact) mass is 294 g/mol. The van der Waals surface area contributed by atoms with Crippen molar-refractivity contribution in [3.05, 3.63) is 60.3 Å². The van der Waals surface area contributed by atoms with Crippen LogP contribution >= 0.6 is 0 Å². The molecule has 0 fully saturated rings. The predicted molar refractivity (Wildman–Crippen MR) is 79.4 cm³/mol. The lowest BCUT2D eigenvalue weighted by Crippen LogP contribution is -2.25. The van der Waals surface area contributed by atoms with Crippen LogP contribution in [0.15, 0.2) is 48.9 Å². The Morgan fingerprint density at radius 2 is 2.14 bits per heavy atom. The Hall–Kier alpha value is -3.09. The lowest BCUT2D eigenvalue weighted by atomic mass is 10.3. The summed E-state index contributed by atoms with van der Waals surface area (Å²) in [7, 11) is 0. The topological polar surface area (TPSA) is 96.5 Å². The number of nitrogens with one attached hydrogen (secondary N) is 2. The number of hydrogen-bond donors (Lipinski definition) is 2. The second-order valence-electron chi connectivity index (χ2n) is 4.64. The Morgan fingerprint density at radius 3 is 2.91 bits per heavy atom. The zero-order valence-corrected chi connectivity index (χ0v) is 11.7. The number of hydrogen-bond acceptors (Lipinski definition) is 5. The molecular formula is C15H14N6O. The summed E-state index contributed by atoms with van der Waals surface area (Å²) in [4.78, 5) is 24.3. The van der Waals surface area contributed by atoms with Gasteiger partial charge in [0.15, 0.2) is 5.82 Å². The molecule has 7 nitrogen and oxygen atoms in total. The molecule has 7 heteroatoms. The van der Waals surface area contributed by atoms with Gasteiger partial charge in [0.2, 0.25) is 5.91 Å². The zero-order chi connectivity index (χ0) is 15.2. The third-order valence-electron chi connectivity index (χ3n) is 2.97. The van der Waals surface area contributed by atoms with E-state index in [1.54, 1.807) is 18.6 Å². The van der Waals surface area contributed by atoms with Gasteiger partial charge in [-0.2, -0.15) is 5.10 Å². The molecule has 0 aliphatic carbocycles. The molecule has 0 spiro atoms. The summed E-state index contributed by atoms with van der Waals surface area (Å²) in [6.07, 6.45) is 5.22. The molecule has 22 heavy (non-hydrogen) atoms. The fraction of sp³-hybridized carbons (Fsp3) is 0.133. The van der Waals surface area contributed by atoms with Crippen LogP contribution < -0.4 is 5.32 Å². The summed E-state index contributed by atoms with van der Waals surface area (Å²) in [5, 5.41) is 9.64. The minimum atomic E-state index is -0.132. The fourth-order valence-electron chi connectivity index (χ4n) is 1.90. The van der Waals surface area contributed by atoms with E-state index in [2.05, 4.69) is 30.5 Å². The van der Waals surface area contributed by atoms with Gasteiger partial charge < -0.3 is 5.32 Å². The van der Waals surface area contributed by atoms with Gasteiger partial charge in [-0.3, -0.25) is 19.9 Å². The Kier molecular flexibility index (Phi) is 4.15. The summed E-state index contributed by atoms with van der Waals surface area (Å²) < 4.78 is 0. The molecule has 1 amide bonds. The lowest BCUT2D eigenvalue weighted by molar-refractivity contribution is -0.120. The first-order valence-electron chi connectivity index (χ1n) is 6.79. The van der Waals surface area contributed by atoms with Crippen LogP contribution in [0.2, 0.25) is 0 Å². The van der Waals surface area contributed by atoms with Gasteiger partial charge in [-0.25, -0.2) is 4.98 Å². The van der Waals surface area contributed by atoms with E-state index in [0.29, 0.717) is 23.9 Å². The summed E-state index contributed by atoms with van der Waals surface area (Å²) in [5.41, 5.74) is 1.61. The van der Waals surface area contributed by atoms with Crippen LogP contribution in [0.1, 0.15) is 11.4 Å². The van der Waals surface area contributed by atoms with Crippen molar-refractivity contribution < 1.29 is 4.79 Å². The van der Waals surface area contributed by atoms with Gasteiger partial charge in [-0.15, -0.1) is 0 Å². The van der Waals surface area contributed by atoms with Crippen LogP contribution in [-0.2, 0) is 17.8 Å². The van der Waals surface area contributed by atoms with E-state index in [1.807, 2.05) is 30.3 Å². The first-order valence-corrected chi connectivity index (χ1v) is 6.79. The summed E-state index contributed by atoms with van der Waals surface area (Å²) in [6.45, 7) is 0.438. The quantitative estimate of drug-likeness (QED) is 0.735. The van der Waals surface area contributed by atoms with E-state index in [0.717, 1.165) is 5.56 Å². The predicted octanol–water partition coefficient (Wildman–Crippen LogP) is 1.12. The Balaban J connectivity index is 1.57. The molecule has 0 saturated heterocycles. The van der Waals surface area contributed by atoms with Gasteiger partial charge in [-0.1, -0.05) is 12.1 Å². The molecule has 0 bridgehead atoms. The molecule has 0 aromatic carbocycles. The van der Waals surface area contributed by atoms with E-state index in [9.17, 15) is 4.79 Å². The Bertz CT molecular complexity index is 741. The molecule has 0 atom stereocenters. The molecule has 2 N–H and O–H groups in total. The number of carbonyl (C=O) groups is 1. The number of aromatic amines is 1. The number of aromatic nitrogens is 5. The maximum atomic E-state index is 11.9. The van der Waals surface area contributed by atoms with Crippen molar-refractivity contribution in [2.24, 2.45) is 0 Å². The van der Waals surface area contributed by atoms with Crippen molar-refractivity contribution >= 4 is 5.91 Å². The number of H-pyrrole nitrogens is 1. The maximum Gasteiger partial charge on any atom is 0.227 e. The number of rotatable bonds is 5. The van der Waals surface area contributed by atoms with Crippen LogP contribution in [0.5, 0.6) is 0 Å². The second kappa shape index (κ2) is 6.57. The number of pyridine rings is 2. The smallest absolute Gasteiger partial charge is 0.227 e. The van der Waals surface area contributed by atoms with E-state index >= 15 is 0 Å². The number of amides is 1. The molecular weight excluding hydrogens is 280 g/mol. The average molecular weight is 294 g/mol. The van der Waals surface area contributed by atoms with Gasteiger partial charge in [0.05, 0.1) is 6.42 Å². The van der Waals surface area contributed by atoms with Gasteiger partial charge in [0.1, 0.15) is 11.5 Å². The SMILES string of the molecule is O=C(Cc1nc(-c2ccccn2)n[nH]1)NCc1cccnc1. The third kappa shape index (κ3) is 3.51. The van der Waals surface area contributed by atoms with Crippen LogP contribution in [-0.4, -0.2) is 31.1 Å². The van der Waals surface area contributed by atoms with E-state index in [4.69, 9.17) is 0 Å². The van der Waals surface area contributed by atoms with Crippen molar-refractivity contribution in [1.82, 2.24) is 30.5 Å². The lowest BCUT2D eigenvalue weighted by Gasteiger charge is -2.03. The minimum absolute atomic E-state index is 0.132. The van der Waals surface area contributed by atoms with Crippen LogP contribution in [0.4, 0.5) is 0 Å². The first-order chi connectivity index (χ1) is 10.8. The van der Waals surface area contributed by atoms with Crippen molar-refractivity contribution in [2.75, 3.05) is 0 Å². The zero-order valence-electron chi connectivity index (χ0n) is 11.7. The molecule has 0 radical (unpaired) electrons. The Morgan fingerprint density at radius 1 is 1.18 bits per heavy atom. The second-order valence-corrected chi connectivity index (χ2v) is 4.64. The standard InChI is InChI=1S/C15H14N6O/c22-14(18-10-11-4-3-6-16-9-11)8-13-19-15(21-20-13)12-5-1-2-7-17-12/h1-7,9H,8,10H2,(H,18,22)(H,19,20,21). The highest BCUT2D eigenvalue weighted by Gasteiger charge is 2.10. The van der Waals surface area contributed by atoms with E-state index in [1.165, 1.54) is 0 Å². The van der Waals surface area contributed by atoms with Crippen molar-refractivity contribution in [2.45, 2.75) is 13.0 Å². The van der Waals surface area contributed by atoms with Gasteiger partial charge in [0.25, 0.3) is 0 Å². The summed E-state index contributed by atoms with van der Waals surface area (Å²) >= 11 is 0. The highest BCUT2D eigenvalue weighted by Crippen LogP contribution is 2.10. The molecule has 3 rings (SSSR count). The van der Waals surface area contributed by atoms with E-state index < -0.39 is 0 Å².